The van der Waals surface area contributed by atoms with Crippen LogP contribution in [0.25, 0.3) is 17.1 Å². The predicted octanol–water partition coefficient (Wildman–Crippen LogP) is 1.64. The quantitative estimate of drug-likeness (QED) is 0.529. The van der Waals surface area contributed by atoms with Gasteiger partial charge >= 0.3 is 6.01 Å². The van der Waals surface area contributed by atoms with E-state index in [1.54, 1.807) is 24.3 Å². The predicted molar refractivity (Wildman–Crippen MR) is 113 cm³/mol. The molecule has 1 fully saturated rings. The number of likely N-dealkylation sites (N-methyl/N-ethyl adjacent to an activating group) is 1. The second-order valence-corrected chi connectivity index (χ2v) is 9.47. The lowest BCUT2D eigenvalue weighted by Crippen LogP contribution is -2.47. The van der Waals surface area contributed by atoms with E-state index in [9.17, 15) is 23.7 Å². The molecule has 164 valence electrons. The standard InChI is InChI=1S/C19H20ClN5O5S/c1-23-6-8-24(9-7-23)31(29,30)17-10-12(15(26)11-16(17)27)18-21-22-19(28)25(18)14-5-3-2-4-13(14)20/h2-5,10-11,26-27H,6-9H2,1H3,(H,22,28). The maximum Gasteiger partial charge on any atom is 0.319 e. The second kappa shape index (κ2) is 8.00. The molecular weight excluding hydrogens is 446 g/mol. The van der Waals surface area contributed by atoms with E-state index in [4.69, 9.17) is 11.6 Å². The van der Waals surface area contributed by atoms with Crippen molar-refractivity contribution in [2.75, 3.05) is 33.2 Å². The largest absolute Gasteiger partial charge is 0.507 e. The third-order valence-electron chi connectivity index (χ3n) is 5.14. The van der Waals surface area contributed by atoms with E-state index in [1.807, 2.05) is 11.9 Å². The van der Waals surface area contributed by atoms with Crippen molar-refractivity contribution < 1.29 is 23.7 Å². The van der Waals surface area contributed by atoms with E-state index in [1.165, 1.54) is 8.87 Å². The summed E-state index contributed by atoms with van der Waals surface area (Å²) in [6, 6.07) is 8.14. The van der Waals surface area contributed by atoms with Gasteiger partial charge in [-0.3, -0.25) is 0 Å². The van der Waals surface area contributed by atoms with Gasteiger partial charge in [0.05, 0.1) is 16.3 Å². The first-order valence-electron chi connectivity index (χ1n) is 9.34. The van der Waals surface area contributed by atoms with Crippen LogP contribution in [-0.2, 0) is 10.0 Å². The van der Waals surface area contributed by atoms with Crippen molar-refractivity contribution in [3.63, 3.8) is 0 Å². The zero-order chi connectivity index (χ0) is 22.3. The molecule has 3 N–H and O–H groups in total. The first-order valence-corrected chi connectivity index (χ1v) is 11.2. The Balaban J connectivity index is 1.85. The van der Waals surface area contributed by atoms with Crippen LogP contribution < -0.4 is 0 Å². The van der Waals surface area contributed by atoms with E-state index < -0.39 is 27.5 Å². The molecule has 0 spiro atoms. The Kier molecular flexibility index (Phi) is 5.52. The summed E-state index contributed by atoms with van der Waals surface area (Å²) >= 11 is 6.23. The van der Waals surface area contributed by atoms with E-state index in [0.717, 1.165) is 12.1 Å². The van der Waals surface area contributed by atoms with Gasteiger partial charge < -0.3 is 20.2 Å². The van der Waals surface area contributed by atoms with Gasteiger partial charge in [0, 0.05) is 32.2 Å². The average Bonchev–Trinajstić information content (AvgIpc) is 3.09. The number of aromatic nitrogens is 3. The Morgan fingerprint density at radius 3 is 2.32 bits per heavy atom. The summed E-state index contributed by atoms with van der Waals surface area (Å²) in [7, 11) is -2.15. The fourth-order valence-electron chi connectivity index (χ4n) is 3.42. The molecule has 1 aromatic heterocycles. The van der Waals surface area contributed by atoms with Crippen molar-refractivity contribution in [1.82, 2.24) is 24.0 Å². The van der Waals surface area contributed by atoms with Gasteiger partial charge in [0.2, 0.25) is 10.0 Å². The summed E-state index contributed by atoms with van der Waals surface area (Å²) < 4.78 is 28.8. The first-order chi connectivity index (χ1) is 14.7. The van der Waals surface area contributed by atoms with Crippen molar-refractivity contribution in [3.8, 4) is 34.6 Å². The lowest BCUT2D eigenvalue weighted by Gasteiger charge is -2.31. The zero-order valence-corrected chi connectivity index (χ0v) is 18.0. The summed E-state index contributed by atoms with van der Waals surface area (Å²) in [5.41, 5.74) is 0.288. The van der Waals surface area contributed by atoms with E-state index in [0.29, 0.717) is 18.8 Å². The van der Waals surface area contributed by atoms with Gasteiger partial charge in [-0.15, -0.1) is 5.10 Å². The highest BCUT2D eigenvalue weighted by Gasteiger charge is 2.32. The average molecular weight is 466 g/mol. The molecule has 2 aromatic carbocycles. The van der Waals surface area contributed by atoms with Crippen LogP contribution in [0.4, 0.5) is 0 Å². The minimum Gasteiger partial charge on any atom is -0.507 e. The van der Waals surface area contributed by atoms with Gasteiger partial charge in [0.25, 0.3) is 0 Å². The summed E-state index contributed by atoms with van der Waals surface area (Å²) in [4.78, 5) is 1.63. The number of nitrogens with zero attached hydrogens (tertiary/aromatic N) is 5. The number of piperazine rings is 1. The van der Waals surface area contributed by atoms with Crippen molar-refractivity contribution in [1.29, 1.82) is 0 Å². The van der Waals surface area contributed by atoms with Gasteiger partial charge in [0.15, 0.2) is 5.82 Å². The molecule has 0 atom stereocenters. The monoisotopic (exact) mass is 465 g/mol. The van der Waals surface area contributed by atoms with Crippen molar-refractivity contribution >= 4 is 21.6 Å². The molecule has 0 saturated carbocycles. The van der Waals surface area contributed by atoms with Crippen LogP contribution in [0.3, 0.4) is 0 Å². The van der Waals surface area contributed by atoms with Crippen molar-refractivity contribution in [2.45, 2.75) is 4.90 Å². The van der Waals surface area contributed by atoms with Gasteiger partial charge in [-0.25, -0.2) is 13.0 Å². The van der Waals surface area contributed by atoms with Crippen molar-refractivity contribution in [3.05, 3.63) is 41.4 Å². The van der Waals surface area contributed by atoms with Crippen molar-refractivity contribution in [2.24, 2.45) is 0 Å². The topological polar surface area (TPSA) is 132 Å². The lowest BCUT2D eigenvalue weighted by atomic mass is 10.1. The van der Waals surface area contributed by atoms with Crippen LogP contribution in [0.1, 0.15) is 0 Å². The summed E-state index contributed by atoms with van der Waals surface area (Å²) in [5, 5.41) is 38.8. The van der Waals surface area contributed by atoms with Crippen LogP contribution in [-0.4, -0.2) is 80.9 Å². The maximum absolute atomic E-state index is 13.2. The number of sulfonamides is 1. The summed E-state index contributed by atoms with van der Waals surface area (Å²) in [5.74, 6) is -1.07. The second-order valence-electron chi connectivity index (χ2n) is 7.15. The molecule has 0 unspecified atom stereocenters. The van der Waals surface area contributed by atoms with Gasteiger partial charge in [0.1, 0.15) is 16.4 Å². The number of rotatable bonds is 4. The molecular formula is C19H20ClN5O5S. The Morgan fingerprint density at radius 2 is 1.65 bits per heavy atom. The zero-order valence-electron chi connectivity index (χ0n) is 16.5. The minimum absolute atomic E-state index is 0.0433. The molecule has 0 aliphatic carbocycles. The van der Waals surface area contributed by atoms with Crippen LogP contribution in [0.5, 0.6) is 17.5 Å². The molecule has 1 aliphatic rings. The first kappa shape index (κ1) is 21.4. The molecule has 1 saturated heterocycles. The number of hydrogen-bond donors (Lipinski definition) is 3. The number of phenolic OH excluding ortho intramolecular Hbond substituents is 2. The number of phenols is 2. The normalized spacial score (nSPS) is 15.9. The highest BCUT2D eigenvalue weighted by Crippen LogP contribution is 2.39. The molecule has 0 radical (unpaired) electrons. The molecule has 4 rings (SSSR count). The van der Waals surface area contributed by atoms with Crippen LogP contribution in [0, 0.1) is 0 Å². The molecule has 1 aliphatic heterocycles. The third-order valence-corrected chi connectivity index (χ3v) is 7.38. The summed E-state index contributed by atoms with van der Waals surface area (Å²) in [6.07, 6.45) is 0. The highest BCUT2D eigenvalue weighted by molar-refractivity contribution is 7.89. The Hall–Kier alpha value is -2.86. The Bertz CT molecular complexity index is 1240. The summed E-state index contributed by atoms with van der Waals surface area (Å²) in [6.45, 7) is 1.65. The lowest BCUT2D eigenvalue weighted by molar-refractivity contribution is 0.222. The van der Waals surface area contributed by atoms with E-state index >= 15 is 0 Å². The fourth-order valence-corrected chi connectivity index (χ4v) is 5.15. The van der Waals surface area contributed by atoms with Gasteiger partial charge in [-0.1, -0.05) is 28.8 Å². The molecule has 2 heterocycles. The fraction of sp³-hybridized carbons (Fsp3) is 0.263. The van der Waals surface area contributed by atoms with E-state index in [-0.39, 0.29) is 34.4 Å². The number of aromatic hydroxyl groups is 3. The highest BCUT2D eigenvalue weighted by atomic mass is 35.5. The molecule has 0 bridgehead atoms. The van der Waals surface area contributed by atoms with Crippen LogP contribution in [0.15, 0.2) is 41.3 Å². The molecule has 12 heteroatoms. The number of halogens is 1. The number of para-hydroxylation sites is 1. The SMILES string of the molecule is CN1CCN(S(=O)(=O)c2cc(-c3nnc(O)n3-c3ccccc3Cl)c(O)cc2O)CC1. The Morgan fingerprint density at radius 1 is 0.968 bits per heavy atom. The Labute approximate surface area is 183 Å². The van der Waals surface area contributed by atoms with E-state index in [2.05, 4.69) is 10.2 Å². The molecule has 0 amide bonds. The maximum atomic E-state index is 13.2. The van der Waals surface area contributed by atoms with Crippen LogP contribution >= 0.6 is 11.6 Å². The van der Waals surface area contributed by atoms with Gasteiger partial charge in [-0.2, -0.15) is 4.31 Å². The van der Waals surface area contributed by atoms with Gasteiger partial charge in [-0.05, 0) is 25.2 Å². The smallest absolute Gasteiger partial charge is 0.319 e. The minimum atomic E-state index is -4.04. The molecule has 31 heavy (non-hydrogen) atoms. The number of benzene rings is 2. The van der Waals surface area contributed by atoms with Crippen LogP contribution in [0.2, 0.25) is 5.02 Å². The third kappa shape index (κ3) is 3.81. The molecule has 10 nitrogen and oxygen atoms in total. The molecule has 3 aromatic rings. The number of hydrogen-bond acceptors (Lipinski definition) is 8.